The Morgan fingerprint density at radius 2 is 1.29 bits per heavy atom. The van der Waals surface area contributed by atoms with Gasteiger partial charge < -0.3 is 25.2 Å². The molecule has 2 unspecified atom stereocenters. The van der Waals surface area contributed by atoms with Crippen LogP contribution in [0.25, 0.3) is 0 Å². The lowest BCUT2D eigenvalue weighted by Crippen LogP contribution is -2.52. The van der Waals surface area contributed by atoms with Gasteiger partial charge in [0.15, 0.2) is 0 Å². The van der Waals surface area contributed by atoms with E-state index in [0.717, 1.165) is 107 Å². The van der Waals surface area contributed by atoms with Gasteiger partial charge in [0.25, 0.3) is 0 Å². The molecular formula is C63H109FN6O5. The number of unbranched alkanes of at least 4 members (excludes halogenated alkanes) is 1. The highest BCUT2D eigenvalue weighted by molar-refractivity contribution is 5.81. The number of allylic oxidation sites excluding steroid dienone is 4. The molecule has 0 radical (unpaired) electrons. The fourth-order valence-electron chi connectivity index (χ4n) is 8.17. The van der Waals surface area contributed by atoms with Crippen LogP contribution in [-0.2, 0) is 36.8 Å². The minimum absolute atomic E-state index is 0.0515. The summed E-state index contributed by atoms with van der Waals surface area (Å²) < 4.78 is 12.7. The number of hydrogen-bond acceptors (Lipinski definition) is 8. The van der Waals surface area contributed by atoms with Crippen LogP contribution in [0.5, 0.6) is 0 Å². The third kappa shape index (κ3) is 36.2. The average molecular weight is 1050 g/mol. The summed E-state index contributed by atoms with van der Waals surface area (Å²) in [6.07, 6.45) is 22.8. The number of likely N-dealkylation sites (N-methyl/N-ethyl adjacent to an activating group) is 1. The van der Waals surface area contributed by atoms with Crippen molar-refractivity contribution in [1.82, 2.24) is 30.3 Å². The Labute approximate surface area is 458 Å². The van der Waals surface area contributed by atoms with E-state index in [4.69, 9.17) is 4.79 Å². The first-order chi connectivity index (χ1) is 36.0. The van der Waals surface area contributed by atoms with E-state index in [0.29, 0.717) is 55.9 Å². The van der Waals surface area contributed by atoms with E-state index in [9.17, 15) is 23.6 Å². The Bertz CT molecular complexity index is 1820. The van der Waals surface area contributed by atoms with E-state index in [-0.39, 0.29) is 23.6 Å². The van der Waals surface area contributed by atoms with Gasteiger partial charge in [-0.15, -0.1) is 0 Å². The summed E-state index contributed by atoms with van der Waals surface area (Å²) in [4.78, 5) is 64.8. The molecule has 2 aliphatic heterocycles. The highest BCUT2D eigenvalue weighted by Crippen LogP contribution is 2.19. The number of ketones is 1. The van der Waals surface area contributed by atoms with Crippen LogP contribution in [0, 0.1) is 31.6 Å². The van der Waals surface area contributed by atoms with Crippen molar-refractivity contribution in [3.63, 3.8) is 0 Å². The zero-order chi connectivity index (χ0) is 57.0. The van der Waals surface area contributed by atoms with Crippen LogP contribution in [0.4, 0.5) is 4.39 Å². The van der Waals surface area contributed by atoms with Crippen LogP contribution in [0.1, 0.15) is 201 Å². The fraction of sp³-hybridized carbons (Fsp3) is 0.683. The lowest BCUT2D eigenvalue weighted by atomic mass is 9.98. The van der Waals surface area contributed by atoms with Crippen LogP contribution in [0.15, 0.2) is 66.3 Å². The molecule has 428 valence electrons. The maximum absolute atomic E-state index is 12.7. The number of benzene rings is 1. The number of Topliss-reactive ketones (excluding diaryl/α,β-unsaturated/α-hetero) is 1. The molecule has 1 aromatic heterocycles. The summed E-state index contributed by atoms with van der Waals surface area (Å²) in [7, 11) is 1.81. The molecule has 0 saturated carbocycles. The molecule has 1 aromatic carbocycles. The first-order valence-corrected chi connectivity index (χ1v) is 29.1. The Morgan fingerprint density at radius 3 is 1.79 bits per heavy atom. The van der Waals surface area contributed by atoms with Crippen LogP contribution >= 0.6 is 0 Å². The van der Waals surface area contributed by atoms with Gasteiger partial charge in [0.2, 0.25) is 17.7 Å². The second kappa shape index (κ2) is 46.7. The van der Waals surface area contributed by atoms with Crippen molar-refractivity contribution in [2.75, 3.05) is 52.9 Å². The molecule has 3 amide bonds. The van der Waals surface area contributed by atoms with Crippen molar-refractivity contribution in [1.29, 1.82) is 0 Å². The molecule has 5 rings (SSSR count). The lowest BCUT2D eigenvalue weighted by Gasteiger charge is -2.36. The summed E-state index contributed by atoms with van der Waals surface area (Å²) >= 11 is 0. The van der Waals surface area contributed by atoms with E-state index >= 15 is 0 Å². The number of aromatic nitrogens is 1. The summed E-state index contributed by atoms with van der Waals surface area (Å²) in [6, 6.07) is 13.6. The number of piperazine rings is 1. The Hall–Kier alpha value is -4.55. The van der Waals surface area contributed by atoms with Crippen LogP contribution < -0.4 is 10.6 Å². The molecule has 11 nitrogen and oxygen atoms in total. The second-order valence-corrected chi connectivity index (χ2v) is 20.3. The van der Waals surface area contributed by atoms with Gasteiger partial charge in [-0.2, -0.15) is 0 Å². The zero-order valence-corrected chi connectivity index (χ0v) is 50.1. The molecule has 12 heteroatoms. The third-order valence-corrected chi connectivity index (χ3v) is 14.0. The standard InChI is InChI=1S/C14H22.C13H20FNO.C13H19NO.C10H21N3O.C10H19NO.C2H6.CH2O/c1-4-12(2)6-5-7-14-10-8-13(3)9-11-14;1-3-10(4-2)9-13(16)15-12-7-5-11(14)6-8-12;1-4-10(2)13(15)8-7-12-6-5-11(3)14-9-12;1-9(2)12-4-6-13(7-5-12)10(14)8-11-3;1-2-3-7-10(12)11-8-5-4-6-9-11;2*1-2/h8-12H,4-7H2,1-3H3;5,7,10H,3-4,6,8-9H2,1-2H3,(H,15,16);5-6,9-10H,4,7-8H2,1-3H3;9,11H,4-8H2,1-3H3;2-9H2,1H3;1-2H3;1H2. The topological polar surface area (TPSA) is 132 Å². The quantitative estimate of drug-likeness (QED) is 0.126. The predicted molar refractivity (Wildman–Crippen MR) is 314 cm³/mol. The van der Waals surface area contributed by atoms with Gasteiger partial charge in [-0.05, 0) is 134 Å². The van der Waals surface area contributed by atoms with Crippen molar-refractivity contribution in [2.45, 2.75) is 212 Å². The molecule has 75 heavy (non-hydrogen) atoms. The highest BCUT2D eigenvalue weighted by atomic mass is 19.1. The van der Waals surface area contributed by atoms with E-state index < -0.39 is 0 Å². The van der Waals surface area contributed by atoms with Gasteiger partial charge in [0.1, 0.15) is 18.4 Å². The second-order valence-electron chi connectivity index (χ2n) is 20.3. The molecule has 3 aliphatic rings. The van der Waals surface area contributed by atoms with Crippen molar-refractivity contribution in [2.24, 2.45) is 17.8 Å². The molecular weight excluding hydrogens is 940 g/mol. The molecule has 0 bridgehead atoms. The Kier molecular flexibility index (Phi) is 45.2. The van der Waals surface area contributed by atoms with Gasteiger partial charge in [-0.3, -0.25) is 29.1 Å². The Balaban J connectivity index is 0. The van der Waals surface area contributed by atoms with Crippen LogP contribution in [0.3, 0.4) is 0 Å². The minimum Gasteiger partial charge on any atom is -0.343 e. The van der Waals surface area contributed by atoms with Crippen LogP contribution in [-0.4, -0.2) is 109 Å². The van der Waals surface area contributed by atoms with E-state index in [1.54, 1.807) is 6.08 Å². The van der Waals surface area contributed by atoms with Crippen molar-refractivity contribution in [3.8, 4) is 0 Å². The molecule has 3 heterocycles. The van der Waals surface area contributed by atoms with Gasteiger partial charge >= 0.3 is 0 Å². The number of aryl methyl sites for hydroxylation is 4. The maximum Gasteiger partial charge on any atom is 0.236 e. The van der Waals surface area contributed by atoms with Crippen molar-refractivity contribution in [3.05, 3.63) is 88.7 Å². The number of nitrogens with zero attached hydrogens (tertiary/aromatic N) is 4. The van der Waals surface area contributed by atoms with E-state index in [2.05, 4.69) is 107 Å². The smallest absolute Gasteiger partial charge is 0.236 e. The summed E-state index contributed by atoms with van der Waals surface area (Å²) in [5.74, 6) is 2.43. The number of halogens is 1. The molecule has 2 aromatic rings. The number of carbonyl (C=O) groups excluding carboxylic acids is 5. The number of carbonyl (C=O) groups is 5. The predicted octanol–water partition coefficient (Wildman–Crippen LogP) is 13.6. The van der Waals surface area contributed by atoms with Gasteiger partial charge in [-0.25, -0.2) is 4.39 Å². The molecule has 2 N–H and O–H groups in total. The first-order valence-electron chi connectivity index (χ1n) is 29.1. The number of amides is 3. The fourth-order valence-corrected chi connectivity index (χ4v) is 8.17. The molecule has 2 atom stereocenters. The number of hydrogen-bond donors (Lipinski definition) is 2. The molecule has 2 fully saturated rings. The monoisotopic (exact) mass is 1050 g/mol. The largest absolute Gasteiger partial charge is 0.343 e. The maximum atomic E-state index is 12.7. The normalized spacial score (nSPS) is 14.8. The molecule has 2 saturated heterocycles. The number of likely N-dealkylation sites (tertiary alicyclic amines) is 1. The number of pyridine rings is 1. The Morgan fingerprint density at radius 1 is 0.693 bits per heavy atom. The third-order valence-electron chi connectivity index (χ3n) is 14.0. The van der Waals surface area contributed by atoms with Gasteiger partial charge in [0.05, 0.1) is 6.54 Å². The van der Waals surface area contributed by atoms with Crippen molar-refractivity contribution >= 4 is 30.3 Å². The highest BCUT2D eigenvalue weighted by Gasteiger charge is 2.22. The van der Waals surface area contributed by atoms with Crippen molar-refractivity contribution < 1.29 is 28.4 Å². The zero-order valence-electron chi connectivity index (χ0n) is 50.1. The van der Waals surface area contributed by atoms with E-state index in [1.165, 1.54) is 62.1 Å². The molecule has 0 spiro atoms. The summed E-state index contributed by atoms with van der Waals surface area (Å²) in [6.45, 7) is 35.7. The summed E-state index contributed by atoms with van der Waals surface area (Å²) in [5, 5.41) is 5.74. The van der Waals surface area contributed by atoms with Crippen LogP contribution in [0.2, 0.25) is 0 Å². The SMILES string of the molecule is C=O.CC.CCC(C)C(=O)CCc1ccc(C)nc1.CCC(C)CCCc1ccc(C)cc1.CCC(CC)CC(=O)NC1=CC=C(F)CC1.CCCCC(=O)N1CCCCC1.CNCC(=O)N1CCN(C(C)C)CC1. The number of nitrogens with one attached hydrogen (secondary N) is 2. The van der Waals surface area contributed by atoms with E-state index in [1.807, 2.05) is 69.7 Å². The number of piperidine rings is 1. The van der Waals surface area contributed by atoms with Gasteiger partial charge in [-0.1, -0.05) is 130 Å². The van der Waals surface area contributed by atoms with Gasteiger partial charge in [0, 0.05) is 94.5 Å². The average Bonchev–Trinajstić information content (AvgIpc) is 3.44. The first kappa shape index (κ1) is 72.5. The lowest BCUT2D eigenvalue weighted by molar-refractivity contribution is -0.132. The summed E-state index contributed by atoms with van der Waals surface area (Å²) in [5.41, 5.74) is 5.84. The molecule has 1 aliphatic carbocycles. The minimum atomic E-state index is -0.113. The number of rotatable bonds is 21.